The van der Waals surface area contributed by atoms with Crippen molar-refractivity contribution in [3.05, 3.63) is 129 Å². The predicted molar refractivity (Wildman–Crippen MR) is 160 cm³/mol. The standard InChI is InChI=1S/C29H24ClN5O6S/c1-20(21-9-8-12-24(18-21)31-29(37)22-10-7-11-23(30)17-22)32-33-28(36)19-34(26-15-5-6-16-27(26)35(38)39)42(40,41)25-13-3-2-4-14-25/h2-18H,19H2,1H3,(H,31,37)(H,33,36)/b32-20-. The SMILES string of the molecule is C/C(=N/NC(=O)CN(c1ccccc1[N+](=O)[O-])S(=O)(=O)c1ccccc1)c1cccc(NC(=O)c2cccc(Cl)c2)c1. The van der Waals surface area contributed by atoms with E-state index in [-0.39, 0.29) is 16.5 Å². The van der Waals surface area contributed by atoms with Gasteiger partial charge >= 0.3 is 0 Å². The molecule has 0 unspecified atom stereocenters. The molecule has 42 heavy (non-hydrogen) atoms. The topological polar surface area (TPSA) is 151 Å². The van der Waals surface area contributed by atoms with Gasteiger partial charge in [-0.25, -0.2) is 18.1 Å². The molecule has 4 aromatic carbocycles. The second kappa shape index (κ2) is 13.1. The first-order valence-corrected chi connectivity index (χ1v) is 14.2. The number of amides is 2. The Labute approximate surface area is 246 Å². The van der Waals surface area contributed by atoms with Crippen LogP contribution in [0.2, 0.25) is 5.02 Å². The largest absolute Gasteiger partial charge is 0.322 e. The van der Waals surface area contributed by atoms with E-state index in [4.69, 9.17) is 11.6 Å². The van der Waals surface area contributed by atoms with Crippen LogP contribution in [0.25, 0.3) is 0 Å². The van der Waals surface area contributed by atoms with E-state index in [0.717, 1.165) is 6.07 Å². The quantitative estimate of drug-likeness (QED) is 0.143. The molecule has 4 rings (SSSR count). The van der Waals surface area contributed by atoms with E-state index < -0.39 is 33.1 Å². The number of benzene rings is 4. The normalized spacial score (nSPS) is 11.4. The molecular formula is C29H24ClN5O6S. The molecule has 0 saturated heterocycles. The Morgan fingerprint density at radius 2 is 1.57 bits per heavy atom. The van der Waals surface area contributed by atoms with Crippen LogP contribution in [-0.2, 0) is 14.8 Å². The minimum Gasteiger partial charge on any atom is -0.322 e. The number of para-hydroxylation sites is 2. The molecule has 2 amide bonds. The summed E-state index contributed by atoms with van der Waals surface area (Å²) in [6.07, 6.45) is 0. The molecule has 0 spiro atoms. The van der Waals surface area contributed by atoms with Gasteiger partial charge in [0.15, 0.2) is 0 Å². The molecule has 214 valence electrons. The summed E-state index contributed by atoms with van der Waals surface area (Å²) in [5.74, 6) is -1.20. The zero-order chi connectivity index (χ0) is 30.3. The number of carbonyl (C=O) groups is 2. The molecule has 0 aromatic heterocycles. The Hall–Kier alpha value is -5.07. The molecule has 0 atom stereocenters. The third kappa shape index (κ3) is 7.16. The van der Waals surface area contributed by atoms with Crippen LogP contribution in [0.3, 0.4) is 0 Å². The van der Waals surface area contributed by atoms with Crippen molar-refractivity contribution in [1.29, 1.82) is 0 Å². The van der Waals surface area contributed by atoms with Gasteiger partial charge in [0.1, 0.15) is 12.2 Å². The fraction of sp³-hybridized carbons (Fsp3) is 0.0690. The van der Waals surface area contributed by atoms with Gasteiger partial charge in [0, 0.05) is 22.3 Å². The summed E-state index contributed by atoms with van der Waals surface area (Å²) in [6, 6.07) is 25.7. The van der Waals surface area contributed by atoms with Gasteiger partial charge in [0.05, 0.1) is 15.5 Å². The van der Waals surface area contributed by atoms with Gasteiger partial charge in [-0.3, -0.25) is 19.7 Å². The monoisotopic (exact) mass is 605 g/mol. The van der Waals surface area contributed by atoms with Gasteiger partial charge in [-0.15, -0.1) is 0 Å². The average Bonchev–Trinajstić information content (AvgIpc) is 2.99. The van der Waals surface area contributed by atoms with E-state index in [9.17, 15) is 28.1 Å². The fourth-order valence-corrected chi connectivity index (χ4v) is 5.53. The van der Waals surface area contributed by atoms with Crippen molar-refractivity contribution >= 4 is 56.2 Å². The molecule has 0 radical (unpaired) electrons. The molecule has 11 nitrogen and oxygen atoms in total. The molecule has 13 heteroatoms. The molecule has 0 aliphatic heterocycles. The second-order valence-corrected chi connectivity index (χ2v) is 11.1. The number of sulfonamides is 1. The van der Waals surface area contributed by atoms with E-state index >= 15 is 0 Å². The number of hydrogen-bond donors (Lipinski definition) is 2. The highest BCUT2D eigenvalue weighted by molar-refractivity contribution is 7.92. The Morgan fingerprint density at radius 3 is 2.29 bits per heavy atom. The van der Waals surface area contributed by atoms with E-state index in [1.165, 1.54) is 48.5 Å². The lowest BCUT2D eigenvalue weighted by atomic mass is 10.1. The van der Waals surface area contributed by atoms with Gasteiger partial charge in [-0.2, -0.15) is 5.10 Å². The molecule has 2 N–H and O–H groups in total. The zero-order valence-corrected chi connectivity index (χ0v) is 23.7. The van der Waals surface area contributed by atoms with Crippen molar-refractivity contribution in [2.75, 3.05) is 16.2 Å². The van der Waals surface area contributed by atoms with Gasteiger partial charge in [-0.1, -0.05) is 60.1 Å². The second-order valence-electron chi connectivity index (χ2n) is 8.85. The smallest absolute Gasteiger partial charge is 0.293 e. The lowest BCUT2D eigenvalue weighted by Gasteiger charge is -2.23. The van der Waals surface area contributed by atoms with Gasteiger partial charge in [-0.05, 0) is 61.0 Å². The summed E-state index contributed by atoms with van der Waals surface area (Å²) in [7, 11) is -4.37. The van der Waals surface area contributed by atoms with Crippen LogP contribution in [0.5, 0.6) is 0 Å². The Morgan fingerprint density at radius 1 is 0.905 bits per heavy atom. The number of nitro benzene ring substituents is 1. The highest BCUT2D eigenvalue weighted by Gasteiger charge is 2.31. The third-order valence-electron chi connectivity index (χ3n) is 5.94. The Kier molecular flexibility index (Phi) is 9.30. The summed E-state index contributed by atoms with van der Waals surface area (Å²) >= 11 is 5.97. The fourth-order valence-electron chi connectivity index (χ4n) is 3.88. The van der Waals surface area contributed by atoms with E-state index in [1.54, 1.807) is 55.5 Å². The van der Waals surface area contributed by atoms with Crippen LogP contribution < -0.4 is 15.0 Å². The van der Waals surface area contributed by atoms with Crippen LogP contribution in [0.15, 0.2) is 113 Å². The zero-order valence-electron chi connectivity index (χ0n) is 22.1. The van der Waals surface area contributed by atoms with Crippen LogP contribution in [0, 0.1) is 10.1 Å². The van der Waals surface area contributed by atoms with Crippen LogP contribution >= 0.6 is 11.6 Å². The summed E-state index contributed by atoms with van der Waals surface area (Å²) in [4.78, 5) is 36.3. The third-order valence-corrected chi connectivity index (χ3v) is 7.95. The highest BCUT2D eigenvalue weighted by Crippen LogP contribution is 2.32. The van der Waals surface area contributed by atoms with Gasteiger partial charge < -0.3 is 5.32 Å². The number of nitro groups is 1. The summed E-state index contributed by atoms with van der Waals surface area (Å²) < 4.78 is 27.7. The highest BCUT2D eigenvalue weighted by atomic mass is 35.5. The average molecular weight is 606 g/mol. The molecule has 0 bridgehead atoms. The minimum absolute atomic E-state index is 0.146. The predicted octanol–water partition coefficient (Wildman–Crippen LogP) is 5.24. The van der Waals surface area contributed by atoms with Crippen molar-refractivity contribution in [2.45, 2.75) is 11.8 Å². The van der Waals surface area contributed by atoms with Crippen LogP contribution in [-0.4, -0.2) is 37.4 Å². The lowest BCUT2D eigenvalue weighted by Crippen LogP contribution is -2.40. The molecular weight excluding hydrogens is 582 g/mol. The molecule has 0 fully saturated rings. The van der Waals surface area contributed by atoms with E-state index in [0.29, 0.717) is 31.9 Å². The van der Waals surface area contributed by atoms with Crippen molar-refractivity contribution < 1.29 is 22.9 Å². The first kappa shape index (κ1) is 29.9. The van der Waals surface area contributed by atoms with Crippen molar-refractivity contribution in [1.82, 2.24) is 5.43 Å². The molecule has 0 saturated carbocycles. The van der Waals surface area contributed by atoms with Crippen molar-refractivity contribution in [2.24, 2.45) is 5.10 Å². The van der Waals surface area contributed by atoms with Crippen LogP contribution in [0.1, 0.15) is 22.8 Å². The maximum Gasteiger partial charge on any atom is 0.293 e. The molecule has 0 aliphatic carbocycles. The minimum atomic E-state index is -4.37. The van der Waals surface area contributed by atoms with Crippen molar-refractivity contribution in [3.8, 4) is 0 Å². The number of carbonyl (C=O) groups excluding carboxylic acids is 2. The number of halogens is 1. The number of nitrogens with zero attached hydrogens (tertiary/aromatic N) is 3. The summed E-state index contributed by atoms with van der Waals surface area (Å²) in [5, 5.41) is 18.9. The first-order valence-electron chi connectivity index (χ1n) is 12.4. The van der Waals surface area contributed by atoms with Gasteiger partial charge in [0.25, 0.3) is 27.5 Å². The Balaban J connectivity index is 1.54. The van der Waals surface area contributed by atoms with Gasteiger partial charge in [0.2, 0.25) is 0 Å². The number of nitrogens with one attached hydrogen (secondary N) is 2. The molecule has 0 heterocycles. The molecule has 0 aliphatic rings. The first-order chi connectivity index (χ1) is 20.1. The molecule has 4 aromatic rings. The van der Waals surface area contributed by atoms with E-state index in [2.05, 4.69) is 15.8 Å². The number of hydrazone groups is 1. The maximum atomic E-state index is 13.5. The number of anilines is 2. The summed E-state index contributed by atoms with van der Waals surface area (Å²) in [6.45, 7) is 0.827. The Bertz CT molecular complexity index is 1780. The lowest BCUT2D eigenvalue weighted by molar-refractivity contribution is -0.384. The van der Waals surface area contributed by atoms with Crippen LogP contribution in [0.4, 0.5) is 17.1 Å². The maximum absolute atomic E-state index is 13.5. The van der Waals surface area contributed by atoms with Crippen molar-refractivity contribution in [3.63, 3.8) is 0 Å². The van der Waals surface area contributed by atoms with E-state index in [1.807, 2.05) is 0 Å². The number of rotatable bonds is 10. The summed E-state index contributed by atoms with van der Waals surface area (Å²) in [5.41, 5.74) is 3.31. The number of hydrogen-bond acceptors (Lipinski definition) is 7.